The van der Waals surface area contributed by atoms with E-state index in [1.54, 1.807) is 0 Å². The third-order valence-corrected chi connectivity index (χ3v) is 4.76. The van der Waals surface area contributed by atoms with E-state index < -0.39 is 27.7 Å². The number of carbonyl (C=O) groups excluding carboxylic acids is 3. The molecule has 1 heterocycles. The van der Waals surface area contributed by atoms with Gasteiger partial charge >= 0.3 is 0 Å². The van der Waals surface area contributed by atoms with Gasteiger partial charge in [-0.3, -0.25) is 19.7 Å². The van der Waals surface area contributed by atoms with Crippen LogP contribution >= 0.6 is 23.2 Å². The van der Waals surface area contributed by atoms with Gasteiger partial charge in [-0.1, -0.05) is 29.3 Å². The van der Waals surface area contributed by atoms with Crippen LogP contribution in [0.1, 0.15) is 10.4 Å². The summed E-state index contributed by atoms with van der Waals surface area (Å²) in [6, 6.07) is 7.14. The van der Waals surface area contributed by atoms with Gasteiger partial charge in [-0.2, -0.15) is 0 Å². The minimum absolute atomic E-state index is 0.0358. The molecule has 2 aromatic rings. The molecular formula is C18H10Cl2N3O7-. The summed E-state index contributed by atoms with van der Waals surface area (Å²) < 4.78 is 4.97. The first-order valence-corrected chi connectivity index (χ1v) is 8.80. The van der Waals surface area contributed by atoms with Crippen molar-refractivity contribution in [2.45, 2.75) is 0 Å². The van der Waals surface area contributed by atoms with E-state index in [4.69, 9.17) is 27.9 Å². The molecule has 0 unspecified atom stereocenters. The molecule has 12 heteroatoms. The number of ether oxygens (including phenoxy) is 1. The molecule has 0 bridgehead atoms. The Balaban J connectivity index is 1.98. The second-order valence-corrected chi connectivity index (χ2v) is 6.64. The highest BCUT2D eigenvalue weighted by molar-refractivity contribution is 6.53. The number of carboxylic acid groups (broad SMARTS) is 1. The Hall–Kier alpha value is -3.63. The standard InChI is InChI=1S/C18H11Cl2N3O7/c1-30-13-7-12(11(19)6-10(13)18(26)27)21-15-14(20)16(24)22(17(15)25)8-3-2-4-9(5-8)23(28)29/h2-7,21H,1H3,(H,26,27)/p-1. The Morgan fingerprint density at radius 3 is 2.47 bits per heavy atom. The van der Waals surface area contributed by atoms with Gasteiger partial charge in [-0.15, -0.1) is 0 Å². The minimum atomic E-state index is -1.53. The number of rotatable bonds is 6. The molecule has 0 aliphatic carbocycles. The zero-order valence-electron chi connectivity index (χ0n) is 15.0. The maximum absolute atomic E-state index is 12.8. The smallest absolute Gasteiger partial charge is 0.283 e. The maximum Gasteiger partial charge on any atom is 0.283 e. The molecule has 1 aliphatic rings. The summed E-state index contributed by atoms with van der Waals surface area (Å²) in [7, 11) is 1.22. The third kappa shape index (κ3) is 3.65. The van der Waals surface area contributed by atoms with Crippen molar-refractivity contribution in [3.8, 4) is 5.75 Å². The SMILES string of the molecule is COc1cc(NC2=C(Cl)C(=O)N(c3cccc([N+](=O)[O-])c3)C2=O)c(Cl)cc1C(=O)[O-]. The summed E-state index contributed by atoms with van der Waals surface area (Å²) in [5, 5.41) is 24.1. The van der Waals surface area contributed by atoms with Gasteiger partial charge in [0.1, 0.15) is 16.5 Å². The number of hydrogen-bond acceptors (Lipinski definition) is 8. The van der Waals surface area contributed by atoms with Crippen LogP contribution in [0.5, 0.6) is 5.75 Å². The van der Waals surface area contributed by atoms with E-state index in [0.29, 0.717) is 4.90 Å². The highest BCUT2D eigenvalue weighted by Crippen LogP contribution is 2.35. The Morgan fingerprint density at radius 2 is 1.87 bits per heavy atom. The fourth-order valence-electron chi connectivity index (χ4n) is 2.70. The van der Waals surface area contributed by atoms with Crippen LogP contribution in [-0.4, -0.2) is 29.8 Å². The monoisotopic (exact) mass is 450 g/mol. The van der Waals surface area contributed by atoms with Crippen molar-refractivity contribution in [2.24, 2.45) is 0 Å². The molecule has 10 nitrogen and oxygen atoms in total. The first-order chi connectivity index (χ1) is 14.1. The zero-order valence-corrected chi connectivity index (χ0v) is 16.5. The zero-order chi connectivity index (χ0) is 22.2. The molecule has 0 saturated carbocycles. The largest absolute Gasteiger partial charge is 0.545 e. The van der Waals surface area contributed by atoms with E-state index in [1.807, 2.05) is 0 Å². The van der Waals surface area contributed by atoms with Crippen molar-refractivity contribution in [3.05, 3.63) is 67.8 Å². The molecular weight excluding hydrogens is 441 g/mol. The molecule has 0 atom stereocenters. The molecule has 0 saturated heterocycles. The minimum Gasteiger partial charge on any atom is -0.545 e. The molecule has 0 radical (unpaired) electrons. The van der Waals surface area contributed by atoms with Crippen molar-refractivity contribution < 1.29 is 29.2 Å². The number of nitro groups is 1. The first-order valence-electron chi connectivity index (χ1n) is 8.04. The fraction of sp³-hybridized carbons (Fsp3) is 0.0556. The highest BCUT2D eigenvalue weighted by atomic mass is 35.5. The summed E-state index contributed by atoms with van der Waals surface area (Å²) >= 11 is 12.1. The summed E-state index contributed by atoms with van der Waals surface area (Å²) in [4.78, 5) is 47.4. The second kappa shape index (κ2) is 8.01. The highest BCUT2D eigenvalue weighted by Gasteiger charge is 2.39. The number of nitrogens with zero attached hydrogens (tertiary/aromatic N) is 2. The molecule has 2 aromatic carbocycles. The van der Waals surface area contributed by atoms with Crippen molar-refractivity contribution >= 4 is 58.0 Å². The number of carbonyl (C=O) groups is 3. The van der Waals surface area contributed by atoms with Crippen molar-refractivity contribution in [3.63, 3.8) is 0 Å². The molecule has 1 N–H and O–H groups in total. The number of hydrogen-bond donors (Lipinski definition) is 1. The number of halogens is 2. The van der Waals surface area contributed by atoms with Gasteiger partial charge in [0, 0.05) is 23.8 Å². The predicted octanol–water partition coefficient (Wildman–Crippen LogP) is 2.06. The van der Waals surface area contributed by atoms with Gasteiger partial charge in [0.2, 0.25) is 0 Å². The Kier molecular flexibility index (Phi) is 5.63. The van der Waals surface area contributed by atoms with Gasteiger partial charge in [0.05, 0.1) is 34.4 Å². The van der Waals surface area contributed by atoms with Crippen LogP contribution in [-0.2, 0) is 9.59 Å². The van der Waals surface area contributed by atoms with Crippen molar-refractivity contribution in [1.82, 2.24) is 0 Å². The quantitative estimate of drug-likeness (QED) is 0.400. The Labute approximate surface area is 178 Å². The molecule has 0 aromatic heterocycles. The molecule has 2 amide bonds. The lowest BCUT2D eigenvalue weighted by molar-refractivity contribution is -0.384. The third-order valence-electron chi connectivity index (χ3n) is 4.09. The summed E-state index contributed by atoms with van der Waals surface area (Å²) in [6.45, 7) is 0. The summed E-state index contributed by atoms with van der Waals surface area (Å²) in [5.41, 5.74) is -1.01. The number of imide groups is 1. The lowest BCUT2D eigenvalue weighted by Crippen LogP contribution is -2.32. The van der Waals surface area contributed by atoms with E-state index in [1.165, 1.54) is 31.4 Å². The van der Waals surface area contributed by atoms with Gasteiger partial charge in [0.25, 0.3) is 17.5 Å². The van der Waals surface area contributed by atoms with Crippen molar-refractivity contribution in [2.75, 3.05) is 17.3 Å². The van der Waals surface area contributed by atoms with Crippen LogP contribution in [0.25, 0.3) is 0 Å². The van der Waals surface area contributed by atoms with E-state index >= 15 is 0 Å². The normalized spacial score (nSPS) is 13.6. The van der Waals surface area contributed by atoms with E-state index in [-0.39, 0.29) is 39.1 Å². The van der Waals surface area contributed by atoms with Crippen LogP contribution in [0, 0.1) is 10.1 Å². The van der Waals surface area contributed by atoms with Gasteiger partial charge in [-0.25, -0.2) is 4.90 Å². The van der Waals surface area contributed by atoms with Gasteiger partial charge in [0.15, 0.2) is 0 Å². The van der Waals surface area contributed by atoms with Crippen LogP contribution in [0.4, 0.5) is 17.1 Å². The Bertz CT molecular complexity index is 1150. The van der Waals surface area contributed by atoms with Crippen LogP contribution in [0.15, 0.2) is 47.1 Å². The lowest BCUT2D eigenvalue weighted by Gasteiger charge is -2.16. The number of benzene rings is 2. The van der Waals surface area contributed by atoms with E-state index in [0.717, 1.165) is 12.1 Å². The molecule has 3 rings (SSSR count). The number of methoxy groups -OCH3 is 1. The number of nitrogens with one attached hydrogen (secondary N) is 1. The predicted molar refractivity (Wildman–Crippen MR) is 104 cm³/mol. The molecule has 154 valence electrons. The number of aromatic carboxylic acids is 1. The molecule has 0 fully saturated rings. The number of amides is 2. The van der Waals surface area contributed by atoms with Crippen LogP contribution in [0.3, 0.4) is 0 Å². The first kappa shape index (κ1) is 21.1. The summed E-state index contributed by atoms with van der Waals surface area (Å²) in [5.74, 6) is -3.42. The molecule has 0 spiro atoms. The van der Waals surface area contributed by atoms with Crippen LogP contribution < -0.4 is 20.1 Å². The number of carboxylic acids is 1. The maximum atomic E-state index is 12.8. The number of nitro benzene ring substituents is 1. The topological polar surface area (TPSA) is 142 Å². The summed E-state index contributed by atoms with van der Waals surface area (Å²) in [6.07, 6.45) is 0. The lowest BCUT2D eigenvalue weighted by atomic mass is 10.1. The fourth-order valence-corrected chi connectivity index (χ4v) is 3.13. The average Bonchev–Trinajstić information content (AvgIpc) is 2.92. The van der Waals surface area contributed by atoms with Gasteiger partial charge in [-0.05, 0) is 12.1 Å². The van der Waals surface area contributed by atoms with E-state index in [2.05, 4.69) is 5.32 Å². The average molecular weight is 451 g/mol. The van der Waals surface area contributed by atoms with Crippen LogP contribution in [0.2, 0.25) is 5.02 Å². The number of non-ortho nitro benzene ring substituents is 1. The second-order valence-electron chi connectivity index (χ2n) is 5.86. The Morgan fingerprint density at radius 1 is 1.17 bits per heavy atom. The number of anilines is 2. The molecule has 1 aliphatic heterocycles. The van der Waals surface area contributed by atoms with Gasteiger partial charge < -0.3 is 20.0 Å². The van der Waals surface area contributed by atoms with E-state index in [9.17, 15) is 29.6 Å². The van der Waals surface area contributed by atoms with Crippen molar-refractivity contribution in [1.29, 1.82) is 0 Å². The molecule has 30 heavy (non-hydrogen) atoms.